The maximum absolute atomic E-state index is 13.1. The van der Waals surface area contributed by atoms with Gasteiger partial charge in [0.25, 0.3) is 5.91 Å². The molecule has 1 fully saturated rings. The summed E-state index contributed by atoms with van der Waals surface area (Å²) in [5.41, 5.74) is 3.21. The lowest BCUT2D eigenvalue weighted by molar-refractivity contribution is -0.116. The highest BCUT2D eigenvalue weighted by atomic mass is 32.2. The van der Waals surface area contributed by atoms with Crippen molar-refractivity contribution in [2.24, 2.45) is 4.99 Å². The predicted octanol–water partition coefficient (Wildman–Crippen LogP) is 4.59. The summed E-state index contributed by atoms with van der Waals surface area (Å²) in [6, 6.07) is -0.149. The Morgan fingerprint density at radius 1 is 1.13 bits per heavy atom. The van der Waals surface area contributed by atoms with Gasteiger partial charge in [-0.3, -0.25) is 9.79 Å². The van der Waals surface area contributed by atoms with Crippen LogP contribution in [0.4, 0.5) is 0 Å². The average molecular weight is 446 g/mol. The molecule has 0 aromatic rings. The Hall–Kier alpha value is -1.53. The molecular weight excluding hydrogens is 406 g/mol. The summed E-state index contributed by atoms with van der Waals surface area (Å²) in [5, 5.41) is 14.7. The summed E-state index contributed by atoms with van der Waals surface area (Å²) >= 11 is 1.77. The highest BCUT2D eigenvalue weighted by molar-refractivity contribution is 8.02. The van der Waals surface area contributed by atoms with Crippen LogP contribution < -0.4 is 5.32 Å². The first-order chi connectivity index (χ1) is 15.1. The minimum Gasteiger partial charge on any atom is -0.391 e. The molecule has 1 aliphatic carbocycles. The van der Waals surface area contributed by atoms with Crippen LogP contribution in [-0.2, 0) is 4.79 Å². The molecule has 2 N–H and O–H groups in total. The second-order valence-electron chi connectivity index (χ2n) is 9.09. The third kappa shape index (κ3) is 7.53. The number of aliphatic hydroxyl groups excluding tert-OH is 1. The zero-order valence-electron chi connectivity index (χ0n) is 19.2. The number of aliphatic hydroxyl groups is 1. The van der Waals surface area contributed by atoms with E-state index in [0.717, 1.165) is 57.9 Å². The Morgan fingerprint density at radius 2 is 1.90 bits per heavy atom. The highest BCUT2D eigenvalue weighted by Crippen LogP contribution is 2.26. The van der Waals surface area contributed by atoms with Gasteiger partial charge in [0.2, 0.25) is 0 Å². The lowest BCUT2D eigenvalue weighted by Crippen LogP contribution is -2.47. The van der Waals surface area contributed by atoms with Crippen LogP contribution in [0.15, 0.2) is 39.4 Å². The number of rotatable bonds is 5. The van der Waals surface area contributed by atoms with Gasteiger partial charge >= 0.3 is 0 Å². The maximum Gasteiger partial charge on any atom is 0.269 e. The van der Waals surface area contributed by atoms with E-state index in [4.69, 9.17) is 4.99 Å². The van der Waals surface area contributed by atoms with Gasteiger partial charge < -0.3 is 15.3 Å². The fourth-order valence-corrected chi connectivity index (χ4v) is 5.27. The van der Waals surface area contributed by atoms with E-state index in [0.29, 0.717) is 12.3 Å². The topological polar surface area (TPSA) is 64.9 Å². The van der Waals surface area contributed by atoms with Crippen molar-refractivity contribution in [1.82, 2.24) is 10.2 Å². The van der Waals surface area contributed by atoms with E-state index in [1.807, 2.05) is 6.08 Å². The fourth-order valence-electron chi connectivity index (χ4n) is 4.69. The zero-order valence-corrected chi connectivity index (χ0v) is 20.1. The highest BCUT2D eigenvalue weighted by Gasteiger charge is 2.26. The van der Waals surface area contributed by atoms with Crippen molar-refractivity contribution in [3.63, 3.8) is 0 Å². The van der Waals surface area contributed by atoms with Gasteiger partial charge in [0.05, 0.1) is 17.2 Å². The van der Waals surface area contributed by atoms with Crippen LogP contribution in [0.2, 0.25) is 0 Å². The molecule has 0 aromatic carbocycles. The molecule has 2 atom stereocenters. The number of carbonyl (C=O) groups is 1. The molecule has 1 saturated carbocycles. The molecular formula is C25H39N3O2S. The fraction of sp³-hybridized carbons (Fsp3) is 0.680. The zero-order chi connectivity index (χ0) is 22.1. The SMILES string of the molecule is CSC1=CC=C(CC2=CC(C(=O)NC3CCCCC3O)=NCCCCCCC2)CN1C. The van der Waals surface area contributed by atoms with Gasteiger partial charge in [-0.2, -0.15) is 0 Å². The molecule has 0 radical (unpaired) electrons. The number of carbonyl (C=O) groups excluding carboxylic acids is 1. The van der Waals surface area contributed by atoms with Crippen LogP contribution in [0.1, 0.15) is 70.6 Å². The van der Waals surface area contributed by atoms with Crippen LogP contribution >= 0.6 is 11.8 Å². The Kier molecular flexibility index (Phi) is 9.72. The molecule has 0 aromatic heterocycles. The maximum atomic E-state index is 13.1. The van der Waals surface area contributed by atoms with Crippen molar-refractivity contribution in [2.45, 2.75) is 82.8 Å². The second kappa shape index (κ2) is 12.5. The first-order valence-electron chi connectivity index (χ1n) is 11.9. The van der Waals surface area contributed by atoms with E-state index in [1.165, 1.54) is 35.4 Å². The quantitative estimate of drug-likeness (QED) is 0.649. The van der Waals surface area contributed by atoms with Crippen molar-refractivity contribution in [2.75, 3.05) is 26.4 Å². The summed E-state index contributed by atoms with van der Waals surface area (Å²) in [5.74, 6) is -0.123. The van der Waals surface area contributed by atoms with Crippen LogP contribution in [0.25, 0.3) is 0 Å². The minimum absolute atomic E-state index is 0.123. The van der Waals surface area contributed by atoms with Crippen molar-refractivity contribution >= 4 is 23.4 Å². The molecule has 31 heavy (non-hydrogen) atoms. The minimum atomic E-state index is -0.440. The summed E-state index contributed by atoms with van der Waals surface area (Å²) in [6.07, 6.45) is 19.6. The van der Waals surface area contributed by atoms with Gasteiger partial charge in [-0.05, 0) is 62.5 Å². The number of nitrogens with zero attached hydrogens (tertiary/aromatic N) is 2. The van der Waals surface area contributed by atoms with Gasteiger partial charge in [0.1, 0.15) is 5.71 Å². The number of allylic oxidation sites excluding steroid dienone is 3. The first-order valence-corrected chi connectivity index (χ1v) is 13.2. The van der Waals surface area contributed by atoms with Crippen LogP contribution in [-0.4, -0.2) is 60.2 Å². The smallest absolute Gasteiger partial charge is 0.269 e. The van der Waals surface area contributed by atoms with E-state index < -0.39 is 6.10 Å². The van der Waals surface area contributed by atoms with Crippen LogP contribution in [0.5, 0.6) is 0 Å². The molecule has 0 spiro atoms. The van der Waals surface area contributed by atoms with Crippen molar-refractivity contribution in [3.05, 3.63) is 34.4 Å². The molecule has 2 unspecified atom stereocenters. The number of hydrogen-bond donors (Lipinski definition) is 2. The summed E-state index contributed by atoms with van der Waals surface area (Å²) in [7, 11) is 2.14. The normalized spacial score (nSPS) is 26.1. The van der Waals surface area contributed by atoms with Crippen LogP contribution in [0.3, 0.4) is 0 Å². The number of nitrogens with one attached hydrogen (secondary N) is 1. The Bertz CT molecular complexity index is 741. The third-order valence-corrected chi connectivity index (χ3v) is 7.36. The van der Waals surface area contributed by atoms with Crippen LogP contribution in [0, 0.1) is 0 Å². The molecule has 3 aliphatic rings. The molecule has 5 nitrogen and oxygen atoms in total. The number of hydrogen-bond acceptors (Lipinski definition) is 5. The predicted molar refractivity (Wildman–Crippen MR) is 131 cm³/mol. The monoisotopic (exact) mass is 445 g/mol. The average Bonchev–Trinajstić information content (AvgIpc) is 2.81. The van der Waals surface area contributed by atoms with E-state index in [1.54, 1.807) is 11.8 Å². The largest absolute Gasteiger partial charge is 0.391 e. The molecule has 2 heterocycles. The van der Waals surface area contributed by atoms with Gasteiger partial charge in [0.15, 0.2) is 0 Å². The summed E-state index contributed by atoms with van der Waals surface area (Å²) < 4.78 is 0. The molecule has 0 saturated heterocycles. The summed E-state index contributed by atoms with van der Waals surface area (Å²) in [6.45, 7) is 1.63. The number of aliphatic imine (C=N–C) groups is 1. The molecule has 6 heteroatoms. The molecule has 172 valence electrons. The second-order valence-corrected chi connectivity index (χ2v) is 9.91. The molecule has 0 bridgehead atoms. The van der Waals surface area contributed by atoms with E-state index >= 15 is 0 Å². The molecule has 2 aliphatic heterocycles. The number of likely N-dealkylation sites (N-methyl/N-ethyl adjacent to an activating group) is 1. The van der Waals surface area contributed by atoms with E-state index in [-0.39, 0.29) is 11.9 Å². The lowest BCUT2D eigenvalue weighted by Gasteiger charge is -2.28. The van der Waals surface area contributed by atoms with E-state index in [9.17, 15) is 9.90 Å². The number of amides is 1. The Labute approximate surface area is 192 Å². The first kappa shape index (κ1) is 24.1. The Balaban J connectivity index is 1.76. The summed E-state index contributed by atoms with van der Waals surface area (Å²) in [4.78, 5) is 20.1. The third-order valence-electron chi connectivity index (χ3n) is 6.50. The van der Waals surface area contributed by atoms with Gasteiger partial charge in [0, 0.05) is 20.1 Å². The van der Waals surface area contributed by atoms with Gasteiger partial charge in [-0.25, -0.2) is 0 Å². The van der Waals surface area contributed by atoms with Crippen molar-refractivity contribution < 1.29 is 9.90 Å². The number of thioether (sulfide) groups is 1. The van der Waals surface area contributed by atoms with E-state index in [2.05, 4.69) is 35.7 Å². The molecule has 3 rings (SSSR count). The lowest BCUT2D eigenvalue weighted by atomic mass is 9.92. The Morgan fingerprint density at radius 3 is 2.68 bits per heavy atom. The standard InChI is InChI=1S/C25H39N3O2S/c1-28-18-20(13-14-24(28)31-2)16-19-10-6-4-3-5-9-15-26-22(17-19)25(30)27-21-11-7-8-12-23(21)29/h13-14,17,21,23,29H,3-12,15-16,18H2,1-2H3,(H,27,30). The van der Waals surface area contributed by atoms with Crippen molar-refractivity contribution in [3.8, 4) is 0 Å². The van der Waals surface area contributed by atoms with Gasteiger partial charge in [-0.1, -0.05) is 43.8 Å². The van der Waals surface area contributed by atoms with Crippen molar-refractivity contribution in [1.29, 1.82) is 0 Å². The molecule has 1 amide bonds. The van der Waals surface area contributed by atoms with Gasteiger partial charge in [-0.15, -0.1) is 11.8 Å².